The van der Waals surface area contributed by atoms with Gasteiger partial charge in [-0.25, -0.2) is 13.6 Å². The summed E-state index contributed by atoms with van der Waals surface area (Å²) in [6.07, 6.45) is -2.58. The second kappa shape index (κ2) is 7.75. The molecule has 1 aliphatic rings. The summed E-state index contributed by atoms with van der Waals surface area (Å²) < 4.78 is 24.1. The number of rotatable bonds is 4. The standard InChI is InChI=1S/C15H20F2N4O2/c1-11(22)20-5-7-21(8-6-20)13-4-2-3-12(9-13)19-15(23)18-10-14(16)17/h2-4,9,14H,5-8,10H2,1H3,(H2,18,19,23). The molecule has 1 heterocycles. The van der Waals surface area contributed by atoms with E-state index in [1.165, 1.54) is 0 Å². The molecule has 0 unspecified atom stereocenters. The van der Waals surface area contributed by atoms with Gasteiger partial charge in [-0.05, 0) is 18.2 Å². The minimum Gasteiger partial charge on any atom is -0.368 e. The van der Waals surface area contributed by atoms with Crippen LogP contribution in [0.15, 0.2) is 24.3 Å². The van der Waals surface area contributed by atoms with E-state index in [0.29, 0.717) is 31.9 Å². The Kier molecular flexibility index (Phi) is 5.72. The van der Waals surface area contributed by atoms with E-state index in [1.807, 2.05) is 6.07 Å². The molecule has 1 aromatic carbocycles. The van der Waals surface area contributed by atoms with E-state index in [0.717, 1.165) is 5.69 Å². The lowest BCUT2D eigenvalue weighted by Crippen LogP contribution is -2.48. The maximum Gasteiger partial charge on any atom is 0.319 e. The normalized spacial score (nSPS) is 14.8. The first kappa shape index (κ1) is 17.0. The van der Waals surface area contributed by atoms with Gasteiger partial charge in [0.05, 0.1) is 6.54 Å². The quantitative estimate of drug-likeness (QED) is 0.886. The molecule has 0 aliphatic carbocycles. The molecule has 1 fully saturated rings. The molecule has 0 saturated carbocycles. The number of nitrogens with zero attached hydrogens (tertiary/aromatic N) is 2. The van der Waals surface area contributed by atoms with Crippen LogP contribution in [-0.4, -0.2) is 56.0 Å². The highest BCUT2D eigenvalue weighted by Gasteiger charge is 2.19. The summed E-state index contributed by atoms with van der Waals surface area (Å²) in [4.78, 5) is 26.7. The Morgan fingerprint density at radius 1 is 1.22 bits per heavy atom. The van der Waals surface area contributed by atoms with Crippen LogP contribution >= 0.6 is 0 Å². The number of carbonyl (C=O) groups excluding carboxylic acids is 2. The van der Waals surface area contributed by atoms with Crippen molar-refractivity contribution in [3.8, 4) is 0 Å². The van der Waals surface area contributed by atoms with Crippen molar-refractivity contribution in [3.63, 3.8) is 0 Å². The molecule has 0 bridgehead atoms. The third-order valence-electron chi connectivity index (χ3n) is 3.61. The zero-order chi connectivity index (χ0) is 16.8. The number of alkyl halides is 2. The van der Waals surface area contributed by atoms with Gasteiger partial charge in [0, 0.05) is 44.5 Å². The second-order valence-electron chi connectivity index (χ2n) is 5.27. The third-order valence-corrected chi connectivity index (χ3v) is 3.61. The van der Waals surface area contributed by atoms with Crippen LogP contribution < -0.4 is 15.5 Å². The largest absolute Gasteiger partial charge is 0.368 e. The predicted molar refractivity (Wildman–Crippen MR) is 83.9 cm³/mol. The zero-order valence-electron chi connectivity index (χ0n) is 12.9. The van der Waals surface area contributed by atoms with Gasteiger partial charge in [0.1, 0.15) is 0 Å². The monoisotopic (exact) mass is 326 g/mol. The molecule has 6 nitrogen and oxygen atoms in total. The highest BCUT2D eigenvalue weighted by molar-refractivity contribution is 5.89. The van der Waals surface area contributed by atoms with Crippen LogP contribution in [0, 0.1) is 0 Å². The van der Waals surface area contributed by atoms with Gasteiger partial charge in [0.2, 0.25) is 5.91 Å². The summed E-state index contributed by atoms with van der Waals surface area (Å²) in [5.74, 6) is 0.0655. The Morgan fingerprint density at radius 2 is 1.91 bits per heavy atom. The van der Waals surface area contributed by atoms with Crippen molar-refractivity contribution in [2.75, 3.05) is 42.9 Å². The topological polar surface area (TPSA) is 64.7 Å². The molecule has 2 N–H and O–H groups in total. The summed E-state index contributed by atoms with van der Waals surface area (Å²) in [6.45, 7) is 3.60. The van der Waals surface area contributed by atoms with Gasteiger partial charge in [0.15, 0.2) is 0 Å². The Hall–Kier alpha value is -2.38. The Balaban J connectivity index is 1.92. The number of amides is 3. The third kappa shape index (κ3) is 5.08. The van der Waals surface area contributed by atoms with Gasteiger partial charge in [-0.3, -0.25) is 4.79 Å². The first-order valence-electron chi connectivity index (χ1n) is 7.39. The SMILES string of the molecule is CC(=O)N1CCN(c2cccc(NC(=O)NCC(F)F)c2)CC1. The molecule has 2 rings (SSSR count). The molecular formula is C15H20F2N4O2. The van der Waals surface area contributed by atoms with Crippen LogP contribution in [0.2, 0.25) is 0 Å². The van der Waals surface area contributed by atoms with Gasteiger partial charge in [0.25, 0.3) is 6.43 Å². The summed E-state index contributed by atoms with van der Waals surface area (Å²) in [5.41, 5.74) is 1.45. The van der Waals surface area contributed by atoms with Crippen molar-refractivity contribution in [1.82, 2.24) is 10.2 Å². The fourth-order valence-electron chi connectivity index (χ4n) is 2.41. The number of anilines is 2. The maximum atomic E-state index is 12.1. The molecule has 23 heavy (non-hydrogen) atoms. The Labute approximate surface area is 133 Å². The second-order valence-corrected chi connectivity index (χ2v) is 5.27. The molecule has 1 aromatic rings. The van der Waals surface area contributed by atoms with E-state index in [1.54, 1.807) is 30.0 Å². The van der Waals surface area contributed by atoms with Crippen LogP contribution in [0.5, 0.6) is 0 Å². The van der Waals surface area contributed by atoms with Crippen molar-refractivity contribution >= 4 is 23.3 Å². The van der Waals surface area contributed by atoms with Gasteiger partial charge < -0.3 is 20.4 Å². The molecule has 3 amide bonds. The van der Waals surface area contributed by atoms with Gasteiger partial charge in [-0.2, -0.15) is 0 Å². The number of nitrogens with one attached hydrogen (secondary N) is 2. The van der Waals surface area contributed by atoms with Gasteiger partial charge in [-0.15, -0.1) is 0 Å². The van der Waals surface area contributed by atoms with Crippen LogP contribution in [0.3, 0.4) is 0 Å². The van der Waals surface area contributed by atoms with E-state index >= 15 is 0 Å². The van der Waals surface area contributed by atoms with Crippen LogP contribution in [0.4, 0.5) is 25.0 Å². The van der Waals surface area contributed by atoms with E-state index in [2.05, 4.69) is 15.5 Å². The maximum absolute atomic E-state index is 12.1. The van der Waals surface area contributed by atoms with E-state index in [-0.39, 0.29) is 5.91 Å². The van der Waals surface area contributed by atoms with Gasteiger partial charge >= 0.3 is 6.03 Å². The average Bonchev–Trinajstić information content (AvgIpc) is 2.53. The van der Waals surface area contributed by atoms with Crippen LogP contribution in [0.25, 0.3) is 0 Å². The van der Waals surface area contributed by atoms with E-state index in [4.69, 9.17) is 0 Å². The number of piperazine rings is 1. The van der Waals surface area contributed by atoms with Crippen molar-refractivity contribution in [3.05, 3.63) is 24.3 Å². The zero-order valence-corrected chi connectivity index (χ0v) is 12.9. The number of hydrogen-bond acceptors (Lipinski definition) is 3. The highest BCUT2D eigenvalue weighted by Crippen LogP contribution is 2.21. The lowest BCUT2D eigenvalue weighted by atomic mass is 10.2. The van der Waals surface area contributed by atoms with Crippen molar-refractivity contribution in [2.45, 2.75) is 13.3 Å². The van der Waals surface area contributed by atoms with Crippen LogP contribution in [0.1, 0.15) is 6.92 Å². The lowest BCUT2D eigenvalue weighted by Gasteiger charge is -2.35. The summed E-state index contributed by atoms with van der Waals surface area (Å²) >= 11 is 0. The average molecular weight is 326 g/mol. The smallest absolute Gasteiger partial charge is 0.319 e. The molecular weight excluding hydrogens is 306 g/mol. The van der Waals surface area contributed by atoms with Gasteiger partial charge in [-0.1, -0.05) is 6.07 Å². The van der Waals surface area contributed by atoms with E-state index < -0.39 is 19.0 Å². The molecule has 0 radical (unpaired) electrons. The van der Waals surface area contributed by atoms with E-state index in [9.17, 15) is 18.4 Å². The molecule has 0 atom stereocenters. The summed E-state index contributed by atoms with van der Waals surface area (Å²) in [6, 6.07) is 6.51. The number of carbonyl (C=O) groups is 2. The van der Waals surface area contributed by atoms with Crippen LogP contribution in [-0.2, 0) is 4.79 Å². The summed E-state index contributed by atoms with van der Waals surface area (Å²) in [5, 5.41) is 4.62. The first-order chi connectivity index (χ1) is 11.0. The lowest BCUT2D eigenvalue weighted by molar-refractivity contribution is -0.129. The fourth-order valence-corrected chi connectivity index (χ4v) is 2.41. The van der Waals surface area contributed by atoms with Crippen molar-refractivity contribution < 1.29 is 18.4 Å². The molecule has 1 saturated heterocycles. The number of hydrogen-bond donors (Lipinski definition) is 2. The molecule has 1 aliphatic heterocycles. The van der Waals surface area contributed by atoms with Crippen molar-refractivity contribution in [1.29, 1.82) is 0 Å². The van der Waals surface area contributed by atoms with Crippen molar-refractivity contribution in [2.24, 2.45) is 0 Å². The minimum atomic E-state index is -2.58. The fraction of sp³-hybridized carbons (Fsp3) is 0.467. The number of benzene rings is 1. The molecule has 0 aromatic heterocycles. The minimum absolute atomic E-state index is 0.0655. The molecule has 8 heteroatoms. The Morgan fingerprint density at radius 3 is 2.52 bits per heavy atom. The number of halogens is 2. The molecule has 0 spiro atoms. The first-order valence-corrected chi connectivity index (χ1v) is 7.39. The number of urea groups is 1. The predicted octanol–water partition coefficient (Wildman–Crippen LogP) is 1.74. The Bertz CT molecular complexity index is 560. The highest BCUT2D eigenvalue weighted by atomic mass is 19.3. The summed E-state index contributed by atoms with van der Waals surface area (Å²) in [7, 11) is 0. The molecule has 126 valence electrons.